The van der Waals surface area contributed by atoms with Crippen LogP contribution in [0, 0.1) is 5.41 Å². The first-order valence-electron chi connectivity index (χ1n) is 12.9. The van der Waals surface area contributed by atoms with Gasteiger partial charge in [-0.05, 0) is 63.3 Å². The van der Waals surface area contributed by atoms with Crippen LogP contribution in [0.1, 0.15) is 50.8 Å². The number of nitrogens with two attached hydrogens (primary N) is 1. The minimum absolute atomic E-state index is 0.000947. The van der Waals surface area contributed by atoms with Gasteiger partial charge in [0.1, 0.15) is 15.5 Å². The molecule has 2 aromatic carbocycles. The number of halogens is 2. The number of nitrogens with zero attached hydrogens (tertiary/aromatic N) is 3. The highest BCUT2D eigenvalue weighted by atomic mass is 35.5. The smallest absolute Gasteiger partial charge is 0.270 e. The van der Waals surface area contributed by atoms with Crippen molar-refractivity contribution in [3.8, 4) is 0 Å². The predicted octanol–water partition coefficient (Wildman–Crippen LogP) is 5.76. The molecule has 1 fully saturated rings. The predicted molar refractivity (Wildman–Crippen MR) is 162 cm³/mol. The van der Waals surface area contributed by atoms with Gasteiger partial charge in [0, 0.05) is 41.8 Å². The Labute approximate surface area is 246 Å². The van der Waals surface area contributed by atoms with Crippen LogP contribution in [-0.2, 0) is 24.8 Å². The molecule has 0 amide bonds. The summed E-state index contributed by atoms with van der Waals surface area (Å²) >= 11 is 12.5. The van der Waals surface area contributed by atoms with Gasteiger partial charge in [0.15, 0.2) is 0 Å². The zero-order chi connectivity index (χ0) is 28.1. The molecule has 1 saturated heterocycles. The Hall–Kier alpha value is -1.88. The number of fused-ring (bicyclic) bond motifs is 1. The van der Waals surface area contributed by atoms with Crippen molar-refractivity contribution in [3.63, 3.8) is 0 Å². The van der Waals surface area contributed by atoms with Gasteiger partial charge in [0.25, 0.3) is 5.56 Å². The second-order valence-electron chi connectivity index (χ2n) is 11.3. The molecular formula is C28H33Cl2N5O2S2. The van der Waals surface area contributed by atoms with E-state index in [9.17, 15) is 9.35 Å². The van der Waals surface area contributed by atoms with E-state index >= 15 is 0 Å². The first kappa shape index (κ1) is 28.6. The van der Waals surface area contributed by atoms with Crippen molar-refractivity contribution in [2.24, 2.45) is 12.5 Å². The summed E-state index contributed by atoms with van der Waals surface area (Å²) in [6, 6.07) is 13.7. The number of aromatic nitrogens is 2. The largest absolute Gasteiger partial charge is 0.598 e. The first-order valence-corrected chi connectivity index (χ1v) is 15.6. The number of nitrogen functional groups attached to an aromatic ring is 1. The highest BCUT2D eigenvalue weighted by Crippen LogP contribution is 2.53. The van der Waals surface area contributed by atoms with Crippen LogP contribution in [0.25, 0.3) is 0 Å². The standard InChI is InChI=1S/C28H33Cl2N5O2S2/c1-27(2,3)39(37)33-23-18-9-6-5-8-17(18)16-28(23)12-14-35(15-13-28)26-32-24(31)22(25(36)34(26)4)38-20-11-7-10-19(29)21(20)30/h5-11,23,33H,12-16,31H2,1-4H3/t23-,39-/m1/s1. The lowest BCUT2D eigenvalue weighted by molar-refractivity contribution is 0.175. The van der Waals surface area contributed by atoms with Crippen molar-refractivity contribution < 1.29 is 4.55 Å². The molecule has 39 heavy (non-hydrogen) atoms. The third kappa shape index (κ3) is 5.42. The third-order valence-corrected chi connectivity index (χ3v) is 11.4. The Morgan fingerprint density at radius 1 is 1.15 bits per heavy atom. The maximum absolute atomic E-state index is 13.4. The molecular weight excluding hydrogens is 573 g/mol. The van der Waals surface area contributed by atoms with Crippen LogP contribution in [0.5, 0.6) is 0 Å². The summed E-state index contributed by atoms with van der Waals surface area (Å²) in [4.78, 5) is 21.2. The molecule has 208 valence electrons. The van der Waals surface area contributed by atoms with Crippen molar-refractivity contribution in [1.29, 1.82) is 0 Å². The fraction of sp³-hybridized carbons (Fsp3) is 0.429. The minimum atomic E-state index is -1.20. The highest BCUT2D eigenvalue weighted by Gasteiger charge is 2.50. The van der Waals surface area contributed by atoms with E-state index in [4.69, 9.17) is 28.9 Å². The number of hydrogen-bond acceptors (Lipinski definition) is 7. The summed E-state index contributed by atoms with van der Waals surface area (Å²) in [5, 5.41) is 0.793. The van der Waals surface area contributed by atoms with E-state index in [1.165, 1.54) is 22.9 Å². The average molecular weight is 607 g/mol. The van der Waals surface area contributed by atoms with Crippen LogP contribution in [0.15, 0.2) is 57.1 Å². The zero-order valence-corrected chi connectivity index (χ0v) is 25.6. The normalized spacial score (nSPS) is 19.4. The van der Waals surface area contributed by atoms with Gasteiger partial charge in [0.2, 0.25) is 5.95 Å². The fourth-order valence-electron chi connectivity index (χ4n) is 5.52. The Bertz CT molecular complexity index is 1450. The summed E-state index contributed by atoms with van der Waals surface area (Å²) in [6.45, 7) is 7.39. The number of nitrogens with one attached hydrogen (secondary N) is 1. The van der Waals surface area contributed by atoms with Crippen molar-refractivity contribution in [3.05, 3.63) is 74.0 Å². The highest BCUT2D eigenvalue weighted by molar-refractivity contribution is 7.99. The summed E-state index contributed by atoms with van der Waals surface area (Å²) in [6.07, 6.45) is 2.66. The van der Waals surface area contributed by atoms with E-state index in [1.807, 2.05) is 20.8 Å². The summed E-state index contributed by atoms with van der Waals surface area (Å²) in [7, 11) is 1.72. The Morgan fingerprint density at radius 3 is 2.54 bits per heavy atom. The molecule has 0 unspecified atom stereocenters. The molecule has 1 aromatic heterocycles. The second-order valence-corrected chi connectivity index (χ2v) is 15.1. The molecule has 2 heterocycles. The molecule has 3 N–H and O–H groups in total. The molecule has 11 heteroatoms. The van der Waals surface area contributed by atoms with Crippen molar-refractivity contribution in [2.75, 3.05) is 23.7 Å². The van der Waals surface area contributed by atoms with E-state index in [0.29, 0.717) is 38.9 Å². The van der Waals surface area contributed by atoms with Crippen LogP contribution < -0.4 is 20.9 Å². The maximum atomic E-state index is 13.4. The third-order valence-electron chi connectivity index (χ3n) is 7.72. The lowest BCUT2D eigenvalue weighted by Gasteiger charge is -2.44. The van der Waals surface area contributed by atoms with Crippen molar-refractivity contribution in [2.45, 2.75) is 60.6 Å². The molecule has 1 aliphatic carbocycles. The van der Waals surface area contributed by atoms with Crippen LogP contribution in [0.4, 0.5) is 11.8 Å². The Balaban J connectivity index is 1.39. The van der Waals surface area contributed by atoms with E-state index in [0.717, 1.165) is 19.3 Å². The van der Waals surface area contributed by atoms with Gasteiger partial charge >= 0.3 is 0 Å². The molecule has 0 saturated carbocycles. The quantitative estimate of drug-likeness (QED) is 0.357. The van der Waals surface area contributed by atoms with Gasteiger partial charge in [-0.25, -0.2) is 0 Å². The van der Waals surface area contributed by atoms with Gasteiger partial charge in [-0.3, -0.25) is 9.36 Å². The lowest BCUT2D eigenvalue weighted by atomic mass is 9.73. The molecule has 5 rings (SSSR count). The van der Waals surface area contributed by atoms with Crippen LogP contribution in [0.2, 0.25) is 10.0 Å². The number of benzene rings is 2. The summed E-state index contributed by atoms with van der Waals surface area (Å²) in [5.41, 5.74) is 8.58. The summed E-state index contributed by atoms with van der Waals surface area (Å²) < 4.78 is 17.9. The number of piperidine rings is 1. The van der Waals surface area contributed by atoms with Crippen molar-refractivity contribution >= 4 is 58.1 Å². The van der Waals surface area contributed by atoms with Gasteiger partial charge in [0.05, 0.1) is 16.1 Å². The van der Waals surface area contributed by atoms with Crippen LogP contribution in [0.3, 0.4) is 0 Å². The van der Waals surface area contributed by atoms with Gasteiger partial charge in [-0.2, -0.15) is 4.98 Å². The van der Waals surface area contributed by atoms with Gasteiger partial charge in [-0.15, -0.1) is 4.72 Å². The van der Waals surface area contributed by atoms with Crippen molar-refractivity contribution in [1.82, 2.24) is 14.3 Å². The van der Waals surface area contributed by atoms with E-state index < -0.39 is 11.4 Å². The van der Waals surface area contributed by atoms with Crippen LogP contribution in [-0.4, -0.2) is 31.9 Å². The SMILES string of the molecule is Cn1c(N2CCC3(CC2)Cc2ccccc2[C@H]3N[S@+]([O-])C(C)(C)C)nc(N)c(Sc2cccc(Cl)c2Cl)c1=O. The maximum Gasteiger partial charge on any atom is 0.270 e. The lowest BCUT2D eigenvalue weighted by Crippen LogP contribution is -2.50. The monoisotopic (exact) mass is 605 g/mol. The average Bonchev–Trinajstić information content (AvgIpc) is 3.19. The Kier molecular flexibility index (Phi) is 7.96. The molecule has 0 radical (unpaired) electrons. The summed E-state index contributed by atoms with van der Waals surface area (Å²) in [5.74, 6) is 0.718. The number of anilines is 2. The van der Waals surface area contributed by atoms with E-state index in [1.54, 1.807) is 29.8 Å². The number of hydrogen-bond donors (Lipinski definition) is 2. The molecule has 2 atom stereocenters. The minimum Gasteiger partial charge on any atom is -0.598 e. The van der Waals surface area contributed by atoms with Crippen LogP contribution >= 0.6 is 35.0 Å². The van der Waals surface area contributed by atoms with Gasteiger partial charge < -0.3 is 15.2 Å². The molecule has 2 aliphatic rings. The number of rotatable bonds is 5. The molecule has 1 spiro atoms. The first-order chi connectivity index (χ1) is 18.4. The van der Waals surface area contributed by atoms with E-state index in [-0.39, 0.29) is 27.6 Å². The molecule has 3 aromatic rings. The Morgan fingerprint density at radius 2 is 1.85 bits per heavy atom. The molecule has 7 nitrogen and oxygen atoms in total. The zero-order valence-electron chi connectivity index (χ0n) is 22.5. The van der Waals surface area contributed by atoms with E-state index in [2.05, 4.69) is 38.9 Å². The fourth-order valence-corrected chi connectivity index (χ4v) is 7.87. The topological polar surface area (TPSA) is 99.2 Å². The molecule has 1 aliphatic heterocycles. The van der Waals surface area contributed by atoms with Gasteiger partial charge in [-0.1, -0.05) is 65.3 Å². The molecule has 0 bridgehead atoms. The second kappa shape index (κ2) is 10.8.